The van der Waals surface area contributed by atoms with Crippen molar-refractivity contribution in [2.24, 2.45) is 0 Å². The molecule has 0 unspecified atom stereocenters. The second-order valence-electron chi connectivity index (χ2n) is 3.28. The summed E-state index contributed by atoms with van der Waals surface area (Å²) in [5.41, 5.74) is 2.03. The van der Waals surface area contributed by atoms with Gasteiger partial charge in [-0.25, -0.2) is 0 Å². The van der Waals surface area contributed by atoms with Gasteiger partial charge in [-0.05, 0) is 34.1 Å². The second-order valence-corrected chi connectivity index (χ2v) is 4.14. The average Bonchev–Trinajstić information content (AvgIpc) is 2.81. The third kappa shape index (κ3) is 2.55. The van der Waals surface area contributed by atoms with E-state index in [1.54, 1.807) is 13.3 Å². The Labute approximate surface area is 102 Å². The fourth-order valence-corrected chi connectivity index (χ4v) is 1.73. The van der Waals surface area contributed by atoms with Gasteiger partial charge in [-0.3, -0.25) is 5.10 Å². The molecule has 16 heavy (non-hydrogen) atoms. The molecule has 4 nitrogen and oxygen atoms in total. The Morgan fingerprint density at radius 2 is 2.31 bits per heavy atom. The van der Waals surface area contributed by atoms with Gasteiger partial charge in [0, 0.05) is 16.7 Å². The quantitative estimate of drug-likeness (QED) is 0.906. The molecule has 0 fully saturated rings. The van der Waals surface area contributed by atoms with Crippen molar-refractivity contribution in [3.63, 3.8) is 0 Å². The number of nitrogens with zero attached hydrogens (tertiary/aromatic N) is 1. The number of benzene rings is 1. The molecule has 0 saturated carbocycles. The zero-order valence-electron chi connectivity index (χ0n) is 8.83. The van der Waals surface area contributed by atoms with Crippen LogP contribution in [0.3, 0.4) is 0 Å². The van der Waals surface area contributed by atoms with Crippen molar-refractivity contribution >= 4 is 21.6 Å². The Hall–Kier alpha value is -1.49. The summed E-state index contributed by atoms with van der Waals surface area (Å²) in [6, 6.07) is 7.74. The molecule has 2 N–H and O–H groups in total. The minimum Gasteiger partial charge on any atom is -0.497 e. The number of rotatable bonds is 4. The number of H-pyrrole nitrogens is 1. The standard InChI is InChI=1S/C11H12BrN3O/c1-16-9-2-3-10(12)11(6-9)13-7-8-4-5-14-15-8/h2-6,13H,7H2,1H3,(H,14,15). The fraction of sp³-hybridized carbons (Fsp3) is 0.182. The Kier molecular flexibility index (Phi) is 3.46. The highest BCUT2D eigenvalue weighted by Gasteiger charge is 2.02. The summed E-state index contributed by atoms with van der Waals surface area (Å²) in [6.07, 6.45) is 1.73. The van der Waals surface area contributed by atoms with E-state index >= 15 is 0 Å². The van der Waals surface area contributed by atoms with E-state index in [-0.39, 0.29) is 0 Å². The SMILES string of the molecule is COc1ccc(Br)c(NCc2ccn[nH]2)c1. The highest BCUT2D eigenvalue weighted by molar-refractivity contribution is 9.10. The van der Waals surface area contributed by atoms with E-state index < -0.39 is 0 Å². The second kappa shape index (κ2) is 5.03. The molecule has 0 atom stereocenters. The van der Waals surface area contributed by atoms with E-state index in [1.807, 2.05) is 24.3 Å². The number of methoxy groups -OCH3 is 1. The van der Waals surface area contributed by atoms with Gasteiger partial charge in [0.15, 0.2) is 0 Å². The first-order valence-corrected chi connectivity index (χ1v) is 5.64. The lowest BCUT2D eigenvalue weighted by Gasteiger charge is -2.09. The van der Waals surface area contributed by atoms with Gasteiger partial charge in [0.2, 0.25) is 0 Å². The van der Waals surface area contributed by atoms with Crippen molar-refractivity contribution in [1.82, 2.24) is 10.2 Å². The predicted molar refractivity (Wildman–Crippen MR) is 66.6 cm³/mol. The molecule has 0 spiro atoms. The van der Waals surface area contributed by atoms with Crippen molar-refractivity contribution in [3.05, 3.63) is 40.6 Å². The maximum absolute atomic E-state index is 5.17. The van der Waals surface area contributed by atoms with Crippen molar-refractivity contribution in [2.75, 3.05) is 12.4 Å². The number of hydrogen-bond acceptors (Lipinski definition) is 3. The van der Waals surface area contributed by atoms with Gasteiger partial charge in [-0.1, -0.05) is 0 Å². The summed E-state index contributed by atoms with van der Waals surface area (Å²) in [4.78, 5) is 0. The summed E-state index contributed by atoms with van der Waals surface area (Å²) >= 11 is 3.48. The molecule has 0 amide bonds. The smallest absolute Gasteiger partial charge is 0.121 e. The molecule has 5 heteroatoms. The average molecular weight is 282 g/mol. The Morgan fingerprint density at radius 3 is 3.00 bits per heavy atom. The minimum atomic E-state index is 0.700. The van der Waals surface area contributed by atoms with Crippen LogP contribution in [0.25, 0.3) is 0 Å². The van der Waals surface area contributed by atoms with Crippen LogP contribution in [0.2, 0.25) is 0 Å². The molecule has 2 rings (SSSR count). The Bertz CT molecular complexity index is 456. The third-order valence-electron chi connectivity index (χ3n) is 2.20. The fourth-order valence-electron chi connectivity index (χ4n) is 1.34. The molecule has 84 valence electrons. The van der Waals surface area contributed by atoms with Crippen LogP contribution in [0, 0.1) is 0 Å². The van der Waals surface area contributed by atoms with Crippen LogP contribution in [0.15, 0.2) is 34.9 Å². The van der Waals surface area contributed by atoms with Crippen LogP contribution < -0.4 is 10.1 Å². The lowest BCUT2D eigenvalue weighted by Crippen LogP contribution is -2.00. The molecule has 1 aromatic heterocycles. The van der Waals surface area contributed by atoms with Crippen LogP contribution in [0.5, 0.6) is 5.75 Å². The largest absolute Gasteiger partial charge is 0.497 e. The molecule has 0 saturated heterocycles. The first kappa shape index (κ1) is 11.0. The maximum Gasteiger partial charge on any atom is 0.121 e. The third-order valence-corrected chi connectivity index (χ3v) is 2.89. The number of aromatic nitrogens is 2. The maximum atomic E-state index is 5.17. The Balaban J connectivity index is 2.08. The summed E-state index contributed by atoms with van der Waals surface area (Å²) < 4.78 is 6.17. The van der Waals surface area contributed by atoms with E-state index in [1.165, 1.54) is 0 Å². The molecule has 0 radical (unpaired) electrons. The van der Waals surface area contributed by atoms with Gasteiger partial charge >= 0.3 is 0 Å². The summed E-state index contributed by atoms with van der Waals surface area (Å²) in [6.45, 7) is 0.700. The van der Waals surface area contributed by atoms with Crippen molar-refractivity contribution in [2.45, 2.75) is 6.54 Å². The molecule has 2 aromatic rings. The lowest BCUT2D eigenvalue weighted by atomic mass is 10.3. The number of nitrogens with one attached hydrogen (secondary N) is 2. The summed E-state index contributed by atoms with van der Waals surface area (Å²) in [5, 5.41) is 10.1. The molecule has 0 aliphatic carbocycles. The van der Waals surface area contributed by atoms with E-state index in [0.29, 0.717) is 6.54 Å². The van der Waals surface area contributed by atoms with Crippen LogP contribution in [0.4, 0.5) is 5.69 Å². The van der Waals surface area contributed by atoms with E-state index in [4.69, 9.17) is 4.74 Å². The molecular formula is C11H12BrN3O. The molecule has 0 aliphatic heterocycles. The topological polar surface area (TPSA) is 49.9 Å². The van der Waals surface area contributed by atoms with Crippen LogP contribution in [-0.4, -0.2) is 17.3 Å². The molecule has 1 aromatic carbocycles. The predicted octanol–water partition coefficient (Wildman–Crippen LogP) is 2.79. The monoisotopic (exact) mass is 281 g/mol. The highest BCUT2D eigenvalue weighted by Crippen LogP contribution is 2.27. The summed E-state index contributed by atoms with van der Waals surface area (Å²) in [7, 11) is 1.65. The van der Waals surface area contributed by atoms with E-state index in [2.05, 4.69) is 31.4 Å². The van der Waals surface area contributed by atoms with Gasteiger partial charge in [-0.15, -0.1) is 0 Å². The zero-order chi connectivity index (χ0) is 11.4. The first-order chi connectivity index (χ1) is 7.79. The number of ether oxygens (including phenoxy) is 1. The van der Waals surface area contributed by atoms with Gasteiger partial charge in [0.1, 0.15) is 5.75 Å². The van der Waals surface area contributed by atoms with Gasteiger partial charge in [0.25, 0.3) is 0 Å². The van der Waals surface area contributed by atoms with Crippen molar-refractivity contribution < 1.29 is 4.74 Å². The van der Waals surface area contributed by atoms with E-state index in [9.17, 15) is 0 Å². The highest BCUT2D eigenvalue weighted by atomic mass is 79.9. The van der Waals surface area contributed by atoms with Crippen molar-refractivity contribution in [3.8, 4) is 5.75 Å². The molecular weight excluding hydrogens is 270 g/mol. The first-order valence-electron chi connectivity index (χ1n) is 4.85. The lowest BCUT2D eigenvalue weighted by molar-refractivity contribution is 0.415. The number of aromatic amines is 1. The van der Waals surface area contributed by atoms with Crippen molar-refractivity contribution in [1.29, 1.82) is 0 Å². The van der Waals surface area contributed by atoms with Gasteiger partial charge in [-0.2, -0.15) is 5.10 Å². The minimum absolute atomic E-state index is 0.700. The Morgan fingerprint density at radius 1 is 1.44 bits per heavy atom. The number of hydrogen-bond donors (Lipinski definition) is 2. The van der Waals surface area contributed by atoms with Crippen LogP contribution >= 0.6 is 15.9 Å². The van der Waals surface area contributed by atoms with E-state index in [0.717, 1.165) is 21.6 Å². The molecule has 0 aliphatic rings. The number of halogens is 1. The molecule has 0 bridgehead atoms. The molecule has 1 heterocycles. The van der Waals surface area contributed by atoms with Gasteiger partial charge in [0.05, 0.1) is 25.0 Å². The normalized spacial score (nSPS) is 10.1. The van der Waals surface area contributed by atoms with Crippen LogP contribution in [0.1, 0.15) is 5.69 Å². The number of anilines is 1. The van der Waals surface area contributed by atoms with Crippen LogP contribution in [-0.2, 0) is 6.54 Å². The van der Waals surface area contributed by atoms with Gasteiger partial charge < -0.3 is 10.1 Å². The summed E-state index contributed by atoms with van der Waals surface area (Å²) in [5.74, 6) is 0.829. The zero-order valence-corrected chi connectivity index (χ0v) is 10.4.